The van der Waals surface area contributed by atoms with Crippen molar-refractivity contribution in [2.24, 2.45) is 0 Å². The van der Waals surface area contributed by atoms with Gasteiger partial charge in [-0.1, -0.05) is 11.3 Å². The minimum Gasteiger partial charge on any atom is -0.374 e. The quantitative estimate of drug-likeness (QED) is 0.692. The molecule has 0 aliphatic carbocycles. The summed E-state index contributed by atoms with van der Waals surface area (Å²) in [5.74, 6) is 0. The Hall–Kier alpha value is -1.56. The van der Waals surface area contributed by atoms with Crippen LogP contribution in [0.5, 0.6) is 0 Å². The van der Waals surface area contributed by atoms with Crippen LogP contribution >= 0.6 is 11.3 Å². The van der Waals surface area contributed by atoms with E-state index < -0.39 is 0 Å². The van der Waals surface area contributed by atoms with E-state index in [9.17, 15) is 0 Å². The molecule has 60 valence electrons. The number of rotatable bonds is 1. The summed E-state index contributed by atoms with van der Waals surface area (Å²) >= 11 is 1.32. The summed E-state index contributed by atoms with van der Waals surface area (Å²) in [6, 6.07) is 0. The topological polar surface area (TPSA) is 77.6 Å². The molecule has 0 saturated heterocycles. The molecule has 0 aliphatic heterocycles. The lowest BCUT2D eigenvalue weighted by atomic mass is 10.4. The van der Waals surface area contributed by atoms with Crippen molar-refractivity contribution in [2.45, 2.75) is 0 Å². The number of nitrogens with two attached hydrogens (primary N) is 1. The number of hydrogen-bond acceptors (Lipinski definition) is 6. The maximum atomic E-state index is 5.42. The normalized spacial score (nSPS) is 10.0. The second kappa shape index (κ2) is 2.82. The van der Waals surface area contributed by atoms with Gasteiger partial charge in [-0.2, -0.15) is 0 Å². The van der Waals surface area contributed by atoms with Gasteiger partial charge in [0.25, 0.3) is 0 Å². The molecule has 0 amide bonds. The van der Waals surface area contributed by atoms with Gasteiger partial charge in [0.15, 0.2) is 5.01 Å². The Morgan fingerprint density at radius 1 is 1.17 bits per heavy atom. The van der Waals surface area contributed by atoms with Crippen molar-refractivity contribution in [3.05, 3.63) is 18.7 Å². The fourth-order valence-corrected chi connectivity index (χ4v) is 1.35. The van der Waals surface area contributed by atoms with E-state index in [4.69, 9.17) is 5.73 Å². The van der Waals surface area contributed by atoms with Gasteiger partial charge in [-0.3, -0.25) is 0 Å². The maximum Gasteiger partial charge on any atom is 0.203 e. The third-order valence-corrected chi connectivity index (χ3v) is 2.05. The number of aromatic nitrogens is 4. The maximum absolute atomic E-state index is 5.42. The molecule has 2 rings (SSSR count). The molecule has 0 saturated carbocycles. The lowest BCUT2D eigenvalue weighted by Crippen LogP contribution is -1.81. The van der Waals surface area contributed by atoms with Gasteiger partial charge in [-0.15, -0.1) is 10.2 Å². The van der Waals surface area contributed by atoms with E-state index in [-0.39, 0.29) is 0 Å². The van der Waals surface area contributed by atoms with Crippen molar-refractivity contribution < 1.29 is 0 Å². The van der Waals surface area contributed by atoms with Crippen molar-refractivity contribution in [2.75, 3.05) is 5.73 Å². The van der Waals surface area contributed by atoms with Crippen molar-refractivity contribution in [1.29, 1.82) is 0 Å². The van der Waals surface area contributed by atoms with Gasteiger partial charge in [0.1, 0.15) is 6.33 Å². The number of nitrogen functional groups attached to an aromatic ring is 1. The van der Waals surface area contributed by atoms with Gasteiger partial charge in [0, 0.05) is 18.0 Å². The third-order valence-electron chi connectivity index (χ3n) is 1.25. The standard InChI is InChI=1S/C6H5N5S/c7-6-11-10-5(12-6)4-1-8-3-9-2-4/h1-3H,(H2,7,11). The van der Waals surface area contributed by atoms with Crippen molar-refractivity contribution in [3.8, 4) is 10.6 Å². The van der Waals surface area contributed by atoms with E-state index >= 15 is 0 Å². The summed E-state index contributed by atoms with van der Waals surface area (Å²) in [6.45, 7) is 0. The molecule has 0 spiro atoms. The zero-order valence-corrected chi connectivity index (χ0v) is 6.82. The van der Waals surface area contributed by atoms with Crippen LogP contribution in [-0.2, 0) is 0 Å². The Kier molecular flexibility index (Phi) is 1.67. The fraction of sp³-hybridized carbons (Fsp3) is 0. The minimum absolute atomic E-state index is 0.453. The molecule has 6 heteroatoms. The second-order valence-corrected chi connectivity index (χ2v) is 3.08. The van der Waals surface area contributed by atoms with Crippen LogP contribution in [0.4, 0.5) is 5.13 Å². The zero-order chi connectivity index (χ0) is 8.39. The summed E-state index contributed by atoms with van der Waals surface area (Å²) < 4.78 is 0. The number of nitrogens with zero attached hydrogens (tertiary/aromatic N) is 4. The summed E-state index contributed by atoms with van der Waals surface area (Å²) in [5, 5.41) is 8.73. The van der Waals surface area contributed by atoms with E-state index in [1.54, 1.807) is 12.4 Å². The summed E-state index contributed by atoms with van der Waals surface area (Å²) in [4.78, 5) is 7.71. The largest absolute Gasteiger partial charge is 0.374 e. The highest BCUT2D eigenvalue weighted by atomic mass is 32.1. The van der Waals surface area contributed by atoms with Crippen molar-refractivity contribution >= 4 is 16.5 Å². The first-order valence-electron chi connectivity index (χ1n) is 3.20. The first-order valence-corrected chi connectivity index (χ1v) is 4.02. The number of anilines is 1. The number of hydrogen-bond donors (Lipinski definition) is 1. The second-order valence-electron chi connectivity index (χ2n) is 2.07. The van der Waals surface area contributed by atoms with Crippen LogP contribution in [0, 0.1) is 0 Å². The zero-order valence-electron chi connectivity index (χ0n) is 6.01. The van der Waals surface area contributed by atoms with E-state index in [0.29, 0.717) is 5.13 Å². The Morgan fingerprint density at radius 3 is 2.50 bits per heavy atom. The Morgan fingerprint density at radius 2 is 1.92 bits per heavy atom. The Balaban J connectivity index is 2.45. The molecule has 0 fully saturated rings. The molecule has 2 heterocycles. The minimum atomic E-state index is 0.453. The summed E-state index contributed by atoms with van der Waals surface area (Å²) in [6.07, 6.45) is 4.81. The van der Waals surface area contributed by atoms with Gasteiger partial charge in [-0.05, 0) is 0 Å². The van der Waals surface area contributed by atoms with Gasteiger partial charge >= 0.3 is 0 Å². The molecule has 12 heavy (non-hydrogen) atoms. The SMILES string of the molecule is Nc1nnc(-c2cncnc2)s1. The molecular weight excluding hydrogens is 174 g/mol. The molecule has 0 aromatic carbocycles. The molecule has 2 N–H and O–H groups in total. The molecule has 0 radical (unpaired) electrons. The molecule has 5 nitrogen and oxygen atoms in total. The van der Waals surface area contributed by atoms with Gasteiger partial charge in [-0.25, -0.2) is 9.97 Å². The lowest BCUT2D eigenvalue weighted by molar-refractivity contribution is 1.09. The van der Waals surface area contributed by atoms with Crippen LogP contribution in [0.2, 0.25) is 0 Å². The predicted octanol–water partition coefficient (Wildman–Crippen LogP) is 0.577. The fourth-order valence-electron chi connectivity index (χ4n) is 0.761. The Bertz CT molecular complexity index is 370. The van der Waals surface area contributed by atoms with Gasteiger partial charge < -0.3 is 5.73 Å². The molecule has 2 aromatic rings. The van der Waals surface area contributed by atoms with Crippen LogP contribution in [0.3, 0.4) is 0 Å². The Labute approximate surface area is 72.3 Å². The smallest absolute Gasteiger partial charge is 0.203 e. The molecule has 0 unspecified atom stereocenters. The molecule has 0 bridgehead atoms. The van der Waals surface area contributed by atoms with E-state index in [1.165, 1.54) is 17.7 Å². The third kappa shape index (κ3) is 1.24. The van der Waals surface area contributed by atoms with Crippen LogP contribution in [0.25, 0.3) is 10.6 Å². The average Bonchev–Trinajstić information content (AvgIpc) is 2.54. The average molecular weight is 179 g/mol. The van der Waals surface area contributed by atoms with Gasteiger partial charge in [0.05, 0.1) is 0 Å². The van der Waals surface area contributed by atoms with Crippen LogP contribution in [0.1, 0.15) is 0 Å². The van der Waals surface area contributed by atoms with E-state index in [1.807, 2.05) is 0 Å². The van der Waals surface area contributed by atoms with Crippen LogP contribution < -0.4 is 5.73 Å². The van der Waals surface area contributed by atoms with Gasteiger partial charge in [0.2, 0.25) is 5.13 Å². The summed E-state index contributed by atoms with van der Waals surface area (Å²) in [7, 11) is 0. The van der Waals surface area contributed by atoms with Crippen LogP contribution in [0.15, 0.2) is 18.7 Å². The van der Waals surface area contributed by atoms with E-state index in [2.05, 4.69) is 20.2 Å². The monoisotopic (exact) mass is 179 g/mol. The van der Waals surface area contributed by atoms with E-state index in [0.717, 1.165) is 10.6 Å². The highest BCUT2D eigenvalue weighted by Crippen LogP contribution is 2.22. The van der Waals surface area contributed by atoms with Crippen LogP contribution in [-0.4, -0.2) is 20.2 Å². The highest BCUT2D eigenvalue weighted by molar-refractivity contribution is 7.18. The predicted molar refractivity (Wildman–Crippen MR) is 45.3 cm³/mol. The first-order chi connectivity index (χ1) is 5.86. The summed E-state index contributed by atoms with van der Waals surface area (Å²) in [5.41, 5.74) is 6.26. The highest BCUT2D eigenvalue weighted by Gasteiger charge is 2.03. The molecule has 0 aliphatic rings. The first kappa shape index (κ1) is 7.11. The van der Waals surface area contributed by atoms with Crippen molar-refractivity contribution in [1.82, 2.24) is 20.2 Å². The van der Waals surface area contributed by atoms with Crippen molar-refractivity contribution in [3.63, 3.8) is 0 Å². The molecular formula is C6H5N5S. The lowest BCUT2D eigenvalue weighted by Gasteiger charge is -1.89. The molecule has 2 aromatic heterocycles. The molecule has 0 atom stereocenters.